The van der Waals surface area contributed by atoms with Crippen molar-refractivity contribution in [1.82, 2.24) is 15.3 Å². The SMILES string of the molecule is CNC(=O)[C@H]1CN(c2ccc(OC)cc2)CCN1c1cc(C)ncn1. The van der Waals surface area contributed by atoms with E-state index in [1.54, 1.807) is 20.5 Å². The van der Waals surface area contributed by atoms with Crippen LogP contribution in [-0.4, -0.2) is 55.7 Å². The number of aryl methyl sites for hydroxylation is 1. The number of nitrogens with zero attached hydrogens (tertiary/aromatic N) is 4. The molecule has 0 saturated carbocycles. The molecule has 1 N–H and O–H groups in total. The lowest BCUT2D eigenvalue weighted by Gasteiger charge is -2.42. The summed E-state index contributed by atoms with van der Waals surface area (Å²) in [5.41, 5.74) is 1.96. The van der Waals surface area contributed by atoms with Crippen molar-refractivity contribution in [1.29, 1.82) is 0 Å². The number of aromatic nitrogens is 2. The van der Waals surface area contributed by atoms with Gasteiger partial charge in [-0.3, -0.25) is 4.79 Å². The van der Waals surface area contributed by atoms with E-state index in [-0.39, 0.29) is 11.9 Å². The molecule has 7 heteroatoms. The van der Waals surface area contributed by atoms with Gasteiger partial charge >= 0.3 is 0 Å². The summed E-state index contributed by atoms with van der Waals surface area (Å²) in [6.45, 7) is 4.03. The summed E-state index contributed by atoms with van der Waals surface area (Å²) < 4.78 is 5.21. The van der Waals surface area contributed by atoms with Gasteiger partial charge in [0.15, 0.2) is 0 Å². The second-order valence-electron chi connectivity index (χ2n) is 5.99. The van der Waals surface area contributed by atoms with E-state index in [1.807, 2.05) is 42.2 Å². The second-order valence-corrected chi connectivity index (χ2v) is 5.99. The molecule has 0 spiro atoms. The van der Waals surface area contributed by atoms with Crippen LogP contribution in [0.1, 0.15) is 5.69 Å². The second kappa shape index (κ2) is 7.38. The lowest BCUT2D eigenvalue weighted by molar-refractivity contribution is -0.121. The number of amides is 1. The number of piperazine rings is 1. The third-order valence-electron chi connectivity index (χ3n) is 4.45. The lowest BCUT2D eigenvalue weighted by Crippen LogP contribution is -2.59. The molecule has 2 aromatic rings. The molecule has 1 fully saturated rings. The van der Waals surface area contributed by atoms with Crippen LogP contribution in [0.4, 0.5) is 11.5 Å². The standard InChI is InChI=1S/C18H23N5O2/c1-13-10-17(21-12-20-13)23-9-8-22(11-16(23)18(24)19-2)14-4-6-15(25-3)7-5-14/h4-7,10,12,16H,8-9,11H2,1-3H3,(H,19,24)/t16-/m1/s1. The molecule has 0 radical (unpaired) electrons. The van der Waals surface area contributed by atoms with Crippen molar-refractivity contribution in [2.45, 2.75) is 13.0 Å². The molecule has 3 rings (SSSR count). The molecule has 1 aromatic heterocycles. The van der Waals surface area contributed by atoms with Crippen LogP contribution >= 0.6 is 0 Å². The zero-order valence-corrected chi connectivity index (χ0v) is 14.8. The third kappa shape index (κ3) is 3.65. The number of carbonyl (C=O) groups excluding carboxylic acids is 1. The van der Waals surface area contributed by atoms with Crippen LogP contribution in [0.15, 0.2) is 36.7 Å². The first-order valence-electron chi connectivity index (χ1n) is 8.28. The van der Waals surface area contributed by atoms with Crippen LogP contribution in [0.5, 0.6) is 5.75 Å². The van der Waals surface area contributed by atoms with E-state index < -0.39 is 0 Å². The number of methoxy groups -OCH3 is 1. The largest absolute Gasteiger partial charge is 0.497 e. The number of anilines is 2. The van der Waals surface area contributed by atoms with Gasteiger partial charge < -0.3 is 19.9 Å². The Morgan fingerprint density at radius 3 is 2.64 bits per heavy atom. The lowest BCUT2D eigenvalue weighted by atomic mass is 10.1. The van der Waals surface area contributed by atoms with E-state index in [4.69, 9.17) is 4.74 Å². The molecule has 2 heterocycles. The average Bonchev–Trinajstić information content (AvgIpc) is 2.67. The zero-order chi connectivity index (χ0) is 17.8. The molecule has 1 atom stereocenters. The maximum Gasteiger partial charge on any atom is 0.244 e. The van der Waals surface area contributed by atoms with Crippen molar-refractivity contribution in [2.75, 3.05) is 43.6 Å². The van der Waals surface area contributed by atoms with E-state index in [0.717, 1.165) is 29.5 Å². The van der Waals surface area contributed by atoms with Gasteiger partial charge in [-0.1, -0.05) is 0 Å². The van der Waals surface area contributed by atoms with Crippen molar-refractivity contribution < 1.29 is 9.53 Å². The van der Waals surface area contributed by atoms with Gasteiger partial charge in [0.1, 0.15) is 23.9 Å². The Balaban J connectivity index is 1.83. The van der Waals surface area contributed by atoms with Gasteiger partial charge in [-0.25, -0.2) is 9.97 Å². The molecule has 1 amide bonds. The molecule has 7 nitrogen and oxygen atoms in total. The van der Waals surface area contributed by atoms with E-state index >= 15 is 0 Å². The molecule has 25 heavy (non-hydrogen) atoms. The van der Waals surface area contributed by atoms with Gasteiger partial charge in [-0.2, -0.15) is 0 Å². The van der Waals surface area contributed by atoms with Crippen molar-refractivity contribution in [3.63, 3.8) is 0 Å². The summed E-state index contributed by atoms with van der Waals surface area (Å²) in [6, 6.07) is 9.51. The Hall–Kier alpha value is -2.83. The highest BCUT2D eigenvalue weighted by Crippen LogP contribution is 2.25. The maximum absolute atomic E-state index is 12.5. The molecule has 0 unspecified atom stereocenters. The predicted molar refractivity (Wildman–Crippen MR) is 97.2 cm³/mol. The number of hydrogen-bond acceptors (Lipinski definition) is 6. The van der Waals surface area contributed by atoms with E-state index in [9.17, 15) is 4.79 Å². The molecular formula is C18H23N5O2. The summed E-state index contributed by atoms with van der Waals surface area (Å²) in [6.07, 6.45) is 1.54. The highest BCUT2D eigenvalue weighted by molar-refractivity contribution is 5.86. The molecule has 1 aromatic carbocycles. The Labute approximate surface area is 147 Å². The number of rotatable bonds is 4. The van der Waals surface area contributed by atoms with Crippen LogP contribution in [-0.2, 0) is 4.79 Å². The van der Waals surface area contributed by atoms with Crippen molar-refractivity contribution >= 4 is 17.4 Å². The Bertz CT molecular complexity index is 735. The fraction of sp³-hybridized carbons (Fsp3) is 0.389. The maximum atomic E-state index is 12.5. The highest BCUT2D eigenvalue weighted by Gasteiger charge is 2.33. The Kier molecular flexibility index (Phi) is 5.02. The van der Waals surface area contributed by atoms with Crippen molar-refractivity contribution in [3.8, 4) is 5.75 Å². The Morgan fingerprint density at radius 1 is 1.24 bits per heavy atom. The minimum absolute atomic E-state index is 0.0190. The Morgan fingerprint density at radius 2 is 2.00 bits per heavy atom. The quantitative estimate of drug-likeness (QED) is 0.902. The number of hydrogen-bond donors (Lipinski definition) is 1. The van der Waals surface area contributed by atoms with Gasteiger partial charge in [-0.05, 0) is 31.2 Å². The number of carbonyl (C=O) groups is 1. The number of benzene rings is 1. The summed E-state index contributed by atoms with van der Waals surface area (Å²) in [5, 5.41) is 2.77. The van der Waals surface area contributed by atoms with Crippen LogP contribution < -0.4 is 19.9 Å². The molecule has 1 aliphatic heterocycles. The smallest absolute Gasteiger partial charge is 0.244 e. The summed E-state index contributed by atoms with van der Waals surface area (Å²) in [7, 11) is 3.32. The minimum atomic E-state index is -0.310. The number of nitrogens with one attached hydrogen (secondary N) is 1. The minimum Gasteiger partial charge on any atom is -0.497 e. The van der Waals surface area contributed by atoms with Crippen LogP contribution in [0.25, 0.3) is 0 Å². The first-order chi connectivity index (χ1) is 12.1. The highest BCUT2D eigenvalue weighted by atomic mass is 16.5. The van der Waals surface area contributed by atoms with Crippen LogP contribution in [0, 0.1) is 6.92 Å². The molecular weight excluding hydrogens is 318 g/mol. The van der Waals surface area contributed by atoms with E-state index in [2.05, 4.69) is 20.2 Å². The number of likely N-dealkylation sites (N-methyl/N-ethyl adjacent to an activating group) is 1. The molecule has 0 aliphatic carbocycles. The monoisotopic (exact) mass is 341 g/mol. The summed E-state index contributed by atoms with van der Waals surface area (Å²) in [4.78, 5) is 25.2. The van der Waals surface area contributed by atoms with Gasteiger partial charge in [0.25, 0.3) is 0 Å². The van der Waals surface area contributed by atoms with Gasteiger partial charge in [0, 0.05) is 44.1 Å². The first kappa shape index (κ1) is 17.0. The molecule has 0 bridgehead atoms. The normalized spacial score (nSPS) is 17.3. The van der Waals surface area contributed by atoms with E-state index in [0.29, 0.717) is 13.1 Å². The van der Waals surface area contributed by atoms with Gasteiger partial charge in [0.05, 0.1) is 7.11 Å². The van der Waals surface area contributed by atoms with Crippen LogP contribution in [0.3, 0.4) is 0 Å². The predicted octanol–water partition coefficient (Wildman–Crippen LogP) is 1.23. The third-order valence-corrected chi connectivity index (χ3v) is 4.45. The number of ether oxygens (including phenoxy) is 1. The van der Waals surface area contributed by atoms with Gasteiger partial charge in [-0.15, -0.1) is 0 Å². The zero-order valence-electron chi connectivity index (χ0n) is 14.8. The first-order valence-corrected chi connectivity index (χ1v) is 8.28. The molecule has 1 aliphatic rings. The summed E-state index contributed by atoms with van der Waals surface area (Å²) in [5.74, 6) is 1.59. The fourth-order valence-corrected chi connectivity index (χ4v) is 3.07. The van der Waals surface area contributed by atoms with Crippen molar-refractivity contribution in [3.05, 3.63) is 42.4 Å². The fourth-order valence-electron chi connectivity index (χ4n) is 3.07. The summed E-state index contributed by atoms with van der Waals surface area (Å²) >= 11 is 0. The molecule has 1 saturated heterocycles. The topological polar surface area (TPSA) is 70.6 Å². The van der Waals surface area contributed by atoms with Gasteiger partial charge in [0.2, 0.25) is 5.91 Å². The average molecular weight is 341 g/mol. The van der Waals surface area contributed by atoms with Crippen LogP contribution in [0.2, 0.25) is 0 Å². The van der Waals surface area contributed by atoms with Crippen molar-refractivity contribution in [2.24, 2.45) is 0 Å². The molecule has 132 valence electrons. The van der Waals surface area contributed by atoms with E-state index in [1.165, 1.54) is 0 Å².